The van der Waals surface area contributed by atoms with E-state index >= 15 is 0 Å². The molecule has 1 unspecified atom stereocenters. The van der Waals surface area contributed by atoms with Crippen LogP contribution in [0.1, 0.15) is 24.6 Å². The Kier molecular flexibility index (Phi) is 3.53. The van der Waals surface area contributed by atoms with Crippen molar-refractivity contribution in [3.8, 4) is 17.5 Å². The van der Waals surface area contributed by atoms with Crippen molar-refractivity contribution < 1.29 is 0 Å². The number of hydrogen-bond acceptors (Lipinski definition) is 3. The molecule has 20 heavy (non-hydrogen) atoms. The van der Waals surface area contributed by atoms with Gasteiger partial charge in [0.25, 0.3) is 0 Å². The molecular weight excluding hydrogens is 248 g/mol. The lowest BCUT2D eigenvalue weighted by molar-refractivity contribution is 0.286. The highest BCUT2D eigenvalue weighted by Crippen LogP contribution is 2.27. The molecule has 1 saturated heterocycles. The van der Waals surface area contributed by atoms with Gasteiger partial charge in [0, 0.05) is 12.6 Å². The van der Waals surface area contributed by atoms with Crippen molar-refractivity contribution in [3.63, 3.8) is 0 Å². The standard InChI is InChI=1S/C16H18N4/c1-19-15(14(11-17)20-9-5-6-10-20)12-18-16(19)13-7-3-2-4-8-13/h2-4,7-8,12,14H,5-6,9-10H2,1H3. The second-order valence-corrected chi connectivity index (χ2v) is 5.21. The summed E-state index contributed by atoms with van der Waals surface area (Å²) in [6.07, 6.45) is 4.21. The van der Waals surface area contributed by atoms with E-state index in [1.165, 1.54) is 12.8 Å². The first kappa shape index (κ1) is 12.9. The van der Waals surface area contributed by atoms with Crippen molar-refractivity contribution in [2.45, 2.75) is 18.9 Å². The molecule has 1 aromatic carbocycles. The molecule has 1 fully saturated rings. The number of nitriles is 1. The molecule has 0 N–H and O–H groups in total. The molecule has 0 spiro atoms. The van der Waals surface area contributed by atoms with Gasteiger partial charge in [0.2, 0.25) is 0 Å². The fourth-order valence-electron chi connectivity index (χ4n) is 2.87. The van der Waals surface area contributed by atoms with Crippen molar-refractivity contribution in [1.82, 2.24) is 14.5 Å². The third kappa shape index (κ3) is 2.21. The molecular formula is C16H18N4. The smallest absolute Gasteiger partial charge is 0.140 e. The first-order chi connectivity index (χ1) is 9.81. The fourth-order valence-corrected chi connectivity index (χ4v) is 2.87. The van der Waals surface area contributed by atoms with Crippen molar-refractivity contribution in [2.24, 2.45) is 7.05 Å². The molecule has 1 aromatic heterocycles. The summed E-state index contributed by atoms with van der Waals surface area (Å²) in [5, 5.41) is 9.51. The molecule has 102 valence electrons. The van der Waals surface area contributed by atoms with Gasteiger partial charge >= 0.3 is 0 Å². The Labute approximate surface area is 119 Å². The Hall–Kier alpha value is -2.12. The van der Waals surface area contributed by atoms with E-state index in [2.05, 4.69) is 16.0 Å². The van der Waals surface area contributed by atoms with E-state index in [-0.39, 0.29) is 6.04 Å². The minimum absolute atomic E-state index is 0.188. The molecule has 4 nitrogen and oxygen atoms in total. The number of likely N-dealkylation sites (tertiary alicyclic amines) is 1. The zero-order chi connectivity index (χ0) is 13.9. The molecule has 0 saturated carbocycles. The van der Waals surface area contributed by atoms with E-state index < -0.39 is 0 Å². The predicted molar refractivity (Wildman–Crippen MR) is 77.8 cm³/mol. The number of nitrogens with zero attached hydrogens (tertiary/aromatic N) is 4. The van der Waals surface area contributed by atoms with Crippen LogP contribution in [0.5, 0.6) is 0 Å². The summed E-state index contributed by atoms with van der Waals surface area (Å²) < 4.78 is 2.04. The third-order valence-electron chi connectivity index (χ3n) is 3.96. The number of aromatic nitrogens is 2. The molecule has 0 aliphatic carbocycles. The van der Waals surface area contributed by atoms with Gasteiger partial charge < -0.3 is 4.57 Å². The third-order valence-corrected chi connectivity index (χ3v) is 3.96. The maximum absolute atomic E-state index is 9.51. The summed E-state index contributed by atoms with van der Waals surface area (Å²) in [7, 11) is 1.99. The van der Waals surface area contributed by atoms with Gasteiger partial charge in [-0.3, -0.25) is 4.90 Å². The van der Waals surface area contributed by atoms with Crippen molar-refractivity contribution in [3.05, 3.63) is 42.2 Å². The molecule has 3 rings (SSSR count). The average molecular weight is 266 g/mol. The van der Waals surface area contributed by atoms with E-state index in [0.717, 1.165) is 30.2 Å². The van der Waals surface area contributed by atoms with Gasteiger partial charge in [-0.15, -0.1) is 0 Å². The van der Waals surface area contributed by atoms with Gasteiger partial charge in [-0.2, -0.15) is 5.26 Å². The Morgan fingerprint density at radius 2 is 1.90 bits per heavy atom. The van der Waals surface area contributed by atoms with Crippen LogP contribution < -0.4 is 0 Å². The van der Waals surface area contributed by atoms with Crippen molar-refractivity contribution in [1.29, 1.82) is 5.26 Å². The van der Waals surface area contributed by atoms with Crippen molar-refractivity contribution >= 4 is 0 Å². The van der Waals surface area contributed by atoms with E-state index in [4.69, 9.17) is 0 Å². The Balaban J connectivity index is 1.95. The van der Waals surface area contributed by atoms with Crippen LogP contribution in [0, 0.1) is 11.3 Å². The molecule has 2 aromatic rings. The van der Waals surface area contributed by atoms with Gasteiger partial charge in [0.05, 0.1) is 18.0 Å². The minimum atomic E-state index is -0.188. The van der Waals surface area contributed by atoms with E-state index in [9.17, 15) is 5.26 Å². The number of hydrogen-bond donors (Lipinski definition) is 0. The van der Waals surface area contributed by atoms with Crippen LogP contribution >= 0.6 is 0 Å². The van der Waals surface area contributed by atoms with Gasteiger partial charge in [-0.05, 0) is 25.9 Å². The summed E-state index contributed by atoms with van der Waals surface area (Å²) in [5.74, 6) is 0.917. The lowest BCUT2D eigenvalue weighted by atomic mass is 10.2. The average Bonchev–Trinajstić information content (AvgIpc) is 3.12. The van der Waals surface area contributed by atoms with E-state index in [0.29, 0.717) is 0 Å². The Bertz CT molecular complexity index is 618. The quantitative estimate of drug-likeness (QED) is 0.858. The summed E-state index contributed by atoms with van der Waals surface area (Å²) in [6, 6.07) is 12.3. The number of imidazole rings is 1. The van der Waals surface area contributed by atoms with Crippen LogP contribution in [-0.2, 0) is 7.05 Å². The highest BCUT2D eigenvalue weighted by Gasteiger charge is 2.26. The fraction of sp³-hybridized carbons (Fsp3) is 0.375. The van der Waals surface area contributed by atoms with Crippen LogP contribution in [0.15, 0.2) is 36.5 Å². The normalized spacial score (nSPS) is 17.0. The summed E-state index contributed by atoms with van der Waals surface area (Å²) in [5.41, 5.74) is 2.06. The summed E-state index contributed by atoms with van der Waals surface area (Å²) >= 11 is 0. The zero-order valence-corrected chi connectivity index (χ0v) is 11.7. The molecule has 1 atom stereocenters. The summed E-state index contributed by atoms with van der Waals surface area (Å²) in [6.45, 7) is 2.01. The second-order valence-electron chi connectivity index (χ2n) is 5.21. The second kappa shape index (κ2) is 5.48. The molecule has 0 bridgehead atoms. The highest BCUT2D eigenvalue weighted by molar-refractivity contribution is 5.56. The van der Waals surface area contributed by atoms with Crippen LogP contribution in [0.2, 0.25) is 0 Å². The van der Waals surface area contributed by atoms with Gasteiger partial charge in [0.15, 0.2) is 0 Å². The SMILES string of the molecule is Cn1c(C(C#N)N2CCCC2)cnc1-c1ccccc1. The van der Waals surface area contributed by atoms with Crippen LogP contribution in [0.4, 0.5) is 0 Å². The number of benzene rings is 1. The van der Waals surface area contributed by atoms with Gasteiger partial charge in [-0.25, -0.2) is 4.98 Å². The van der Waals surface area contributed by atoms with Crippen LogP contribution in [0.25, 0.3) is 11.4 Å². The summed E-state index contributed by atoms with van der Waals surface area (Å²) in [4.78, 5) is 6.75. The topological polar surface area (TPSA) is 44.9 Å². The molecule has 0 radical (unpaired) electrons. The molecule has 1 aliphatic heterocycles. The Morgan fingerprint density at radius 3 is 2.55 bits per heavy atom. The maximum atomic E-state index is 9.51. The molecule has 4 heteroatoms. The first-order valence-electron chi connectivity index (χ1n) is 7.02. The first-order valence-corrected chi connectivity index (χ1v) is 7.02. The number of rotatable bonds is 3. The van der Waals surface area contributed by atoms with Crippen LogP contribution in [-0.4, -0.2) is 27.5 Å². The van der Waals surface area contributed by atoms with Crippen molar-refractivity contribution in [2.75, 3.05) is 13.1 Å². The largest absolute Gasteiger partial charge is 0.329 e. The van der Waals surface area contributed by atoms with E-state index in [1.807, 2.05) is 48.1 Å². The predicted octanol–water partition coefficient (Wildman–Crippen LogP) is 2.75. The van der Waals surface area contributed by atoms with Gasteiger partial charge in [0.1, 0.15) is 11.9 Å². The zero-order valence-electron chi connectivity index (χ0n) is 11.7. The Morgan fingerprint density at radius 1 is 1.20 bits per heavy atom. The van der Waals surface area contributed by atoms with E-state index in [1.54, 1.807) is 0 Å². The highest BCUT2D eigenvalue weighted by atomic mass is 15.2. The maximum Gasteiger partial charge on any atom is 0.140 e. The van der Waals surface area contributed by atoms with Crippen LogP contribution in [0.3, 0.4) is 0 Å². The lowest BCUT2D eigenvalue weighted by Crippen LogP contribution is -2.26. The lowest BCUT2D eigenvalue weighted by Gasteiger charge is -2.21. The monoisotopic (exact) mass is 266 g/mol. The minimum Gasteiger partial charge on any atom is -0.329 e. The molecule has 2 heterocycles. The molecule has 1 aliphatic rings. The molecule has 0 amide bonds. The van der Waals surface area contributed by atoms with Gasteiger partial charge in [-0.1, -0.05) is 30.3 Å².